The molecule has 19 heavy (non-hydrogen) atoms. The second kappa shape index (κ2) is 5.76. The lowest BCUT2D eigenvalue weighted by Crippen LogP contribution is -2.13. The molecule has 2 aromatic rings. The van der Waals surface area contributed by atoms with Gasteiger partial charge in [-0.1, -0.05) is 0 Å². The first-order valence-corrected chi connectivity index (χ1v) is 8.47. The van der Waals surface area contributed by atoms with Crippen LogP contribution in [0.3, 0.4) is 0 Å². The minimum Gasteiger partial charge on any atom is -0.280 e. The maximum absolute atomic E-state index is 13.4. The van der Waals surface area contributed by atoms with Crippen molar-refractivity contribution in [3.63, 3.8) is 0 Å². The second-order valence-corrected chi connectivity index (χ2v) is 7.47. The molecule has 3 nitrogen and oxygen atoms in total. The number of anilines is 1. The van der Waals surface area contributed by atoms with Gasteiger partial charge in [0.15, 0.2) is 0 Å². The number of nitrogens with one attached hydrogen (secondary N) is 1. The SMILES string of the molecule is O=S(=O)(Nc1ccc(I)cc1)c1ccc(Br)c(F)c1. The first-order valence-electron chi connectivity index (χ1n) is 5.12. The van der Waals surface area contributed by atoms with E-state index in [9.17, 15) is 12.8 Å². The van der Waals surface area contributed by atoms with Crippen LogP contribution >= 0.6 is 38.5 Å². The first-order chi connectivity index (χ1) is 8.88. The Morgan fingerprint density at radius 3 is 2.32 bits per heavy atom. The third-order valence-corrected chi connectivity index (χ3v) is 5.04. The fraction of sp³-hybridized carbons (Fsp3) is 0. The highest BCUT2D eigenvalue weighted by molar-refractivity contribution is 14.1. The van der Waals surface area contributed by atoms with Crippen molar-refractivity contribution < 1.29 is 12.8 Å². The Labute approximate surface area is 132 Å². The van der Waals surface area contributed by atoms with E-state index in [-0.39, 0.29) is 9.37 Å². The maximum Gasteiger partial charge on any atom is 0.261 e. The standard InChI is InChI=1S/C12H8BrFINO2S/c13-11-6-5-10(7-12(11)14)19(17,18)16-9-3-1-8(15)2-4-9/h1-7,16H. The summed E-state index contributed by atoms with van der Waals surface area (Å²) in [4.78, 5) is -0.119. The van der Waals surface area contributed by atoms with Crippen LogP contribution in [-0.2, 0) is 10.0 Å². The van der Waals surface area contributed by atoms with Crippen molar-refractivity contribution in [1.82, 2.24) is 0 Å². The second-order valence-electron chi connectivity index (χ2n) is 3.69. The molecule has 0 aliphatic carbocycles. The third-order valence-electron chi connectivity index (χ3n) is 2.30. The number of rotatable bonds is 3. The predicted octanol–water partition coefficient (Wildman–Crippen LogP) is 3.99. The molecule has 2 aromatic carbocycles. The highest BCUT2D eigenvalue weighted by Crippen LogP contribution is 2.21. The molecular formula is C12H8BrFINO2S. The summed E-state index contributed by atoms with van der Waals surface area (Å²) in [5.41, 5.74) is 0.434. The van der Waals surface area contributed by atoms with Crippen LogP contribution in [0.5, 0.6) is 0 Å². The topological polar surface area (TPSA) is 46.2 Å². The van der Waals surface area contributed by atoms with Crippen molar-refractivity contribution in [3.05, 3.63) is 56.3 Å². The lowest BCUT2D eigenvalue weighted by atomic mass is 10.3. The lowest BCUT2D eigenvalue weighted by molar-refractivity contribution is 0.593. The Kier molecular flexibility index (Phi) is 4.46. The highest BCUT2D eigenvalue weighted by Gasteiger charge is 2.15. The van der Waals surface area contributed by atoms with Gasteiger partial charge in [-0.25, -0.2) is 12.8 Å². The van der Waals surface area contributed by atoms with Crippen LogP contribution in [0.25, 0.3) is 0 Å². The number of halogens is 3. The zero-order valence-electron chi connectivity index (χ0n) is 9.40. The molecule has 0 aromatic heterocycles. The molecule has 2 rings (SSSR count). The molecule has 7 heteroatoms. The Morgan fingerprint density at radius 1 is 1.11 bits per heavy atom. The fourth-order valence-electron chi connectivity index (χ4n) is 1.38. The largest absolute Gasteiger partial charge is 0.280 e. The van der Waals surface area contributed by atoms with Crippen LogP contribution < -0.4 is 4.72 Å². The van der Waals surface area contributed by atoms with E-state index in [4.69, 9.17) is 0 Å². The van der Waals surface area contributed by atoms with Crippen molar-refractivity contribution in [3.8, 4) is 0 Å². The molecule has 0 heterocycles. The monoisotopic (exact) mass is 455 g/mol. The van der Waals surface area contributed by atoms with Gasteiger partial charge in [0.25, 0.3) is 10.0 Å². The maximum atomic E-state index is 13.4. The number of hydrogen-bond acceptors (Lipinski definition) is 2. The molecule has 0 unspecified atom stereocenters. The van der Waals surface area contributed by atoms with Gasteiger partial charge in [0.05, 0.1) is 9.37 Å². The highest BCUT2D eigenvalue weighted by atomic mass is 127. The summed E-state index contributed by atoms with van der Waals surface area (Å²) in [6.07, 6.45) is 0. The summed E-state index contributed by atoms with van der Waals surface area (Å²) in [5, 5.41) is 0. The van der Waals surface area contributed by atoms with Gasteiger partial charge in [0.2, 0.25) is 0 Å². The van der Waals surface area contributed by atoms with E-state index in [1.165, 1.54) is 12.1 Å². The quantitative estimate of drug-likeness (QED) is 0.711. The molecule has 0 fully saturated rings. The van der Waals surface area contributed by atoms with E-state index in [2.05, 4.69) is 43.2 Å². The Hall–Kier alpha value is -0.670. The van der Waals surface area contributed by atoms with E-state index in [0.29, 0.717) is 5.69 Å². The van der Waals surface area contributed by atoms with Crippen LogP contribution in [0.2, 0.25) is 0 Å². The summed E-state index contributed by atoms with van der Waals surface area (Å²) in [6.45, 7) is 0. The fourth-order valence-corrected chi connectivity index (χ4v) is 3.05. The molecule has 0 aliphatic rings. The molecule has 0 bridgehead atoms. The van der Waals surface area contributed by atoms with E-state index >= 15 is 0 Å². The minimum atomic E-state index is -3.78. The van der Waals surface area contributed by atoms with Crippen molar-refractivity contribution >= 4 is 54.2 Å². The predicted molar refractivity (Wildman–Crippen MR) is 84.1 cm³/mol. The molecule has 0 amide bonds. The van der Waals surface area contributed by atoms with Crippen LogP contribution in [0.15, 0.2) is 51.8 Å². The van der Waals surface area contributed by atoms with Gasteiger partial charge in [-0.3, -0.25) is 4.72 Å². The van der Waals surface area contributed by atoms with E-state index in [0.717, 1.165) is 9.64 Å². The van der Waals surface area contributed by atoms with Gasteiger partial charge in [0.1, 0.15) is 5.82 Å². The van der Waals surface area contributed by atoms with Gasteiger partial charge in [-0.2, -0.15) is 0 Å². The molecule has 0 atom stereocenters. The molecule has 0 saturated heterocycles. The Bertz CT molecular complexity index is 704. The average Bonchev–Trinajstić information content (AvgIpc) is 2.35. The zero-order chi connectivity index (χ0) is 14.0. The summed E-state index contributed by atoms with van der Waals surface area (Å²) in [6, 6.07) is 10.5. The lowest BCUT2D eigenvalue weighted by Gasteiger charge is -2.08. The van der Waals surface area contributed by atoms with Gasteiger partial charge in [-0.15, -0.1) is 0 Å². The molecule has 0 aliphatic heterocycles. The van der Waals surface area contributed by atoms with Crippen LogP contribution in [0.1, 0.15) is 0 Å². The molecule has 0 saturated carbocycles. The summed E-state index contributed by atoms with van der Waals surface area (Å²) < 4.78 is 41.1. The number of sulfonamides is 1. The van der Waals surface area contributed by atoms with E-state index in [1.54, 1.807) is 24.3 Å². The summed E-state index contributed by atoms with van der Waals surface area (Å²) in [7, 11) is -3.78. The molecular weight excluding hydrogens is 448 g/mol. The molecule has 1 N–H and O–H groups in total. The van der Waals surface area contributed by atoms with Gasteiger partial charge < -0.3 is 0 Å². The Morgan fingerprint density at radius 2 is 1.74 bits per heavy atom. The Balaban J connectivity index is 2.32. The molecule has 0 radical (unpaired) electrons. The number of hydrogen-bond donors (Lipinski definition) is 1. The van der Waals surface area contributed by atoms with Crippen molar-refractivity contribution in [2.75, 3.05) is 4.72 Å². The van der Waals surface area contributed by atoms with Gasteiger partial charge in [-0.05, 0) is 81.0 Å². The van der Waals surface area contributed by atoms with Crippen LogP contribution in [-0.4, -0.2) is 8.42 Å². The van der Waals surface area contributed by atoms with Gasteiger partial charge in [0, 0.05) is 9.26 Å². The molecule has 100 valence electrons. The normalized spacial score (nSPS) is 11.3. The summed E-state index contributed by atoms with van der Waals surface area (Å²) in [5.74, 6) is -0.620. The third kappa shape index (κ3) is 3.67. The van der Waals surface area contributed by atoms with Gasteiger partial charge >= 0.3 is 0 Å². The van der Waals surface area contributed by atoms with Crippen molar-refractivity contribution in [2.24, 2.45) is 0 Å². The zero-order valence-corrected chi connectivity index (χ0v) is 14.0. The first kappa shape index (κ1) is 14.7. The number of benzene rings is 2. The van der Waals surface area contributed by atoms with Crippen LogP contribution in [0.4, 0.5) is 10.1 Å². The minimum absolute atomic E-state index is 0.119. The van der Waals surface area contributed by atoms with E-state index < -0.39 is 15.8 Å². The van der Waals surface area contributed by atoms with Crippen molar-refractivity contribution in [1.29, 1.82) is 0 Å². The smallest absolute Gasteiger partial charge is 0.261 e. The average molecular weight is 456 g/mol. The van der Waals surface area contributed by atoms with Crippen LogP contribution in [0, 0.1) is 9.39 Å². The van der Waals surface area contributed by atoms with Crippen molar-refractivity contribution in [2.45, 2.75) is 4.90 Å². The summed E-state index contributed by atoms with van der Waals surface area (Å²) >= 11 is 5.10. The van der Waals surface area contributed by atoms with E-state index in [1.807, 2.05) is 0 Å². The molecule has 0 spiro atoms.